The van der Waals surface area contributed by atoms with Crippen molar-refractivity contribution in [3.63, 3.8) is 0 Å². The number of benzene rings is 1. The standard InChI is InChI=1S/C19H24ClN3O3S/c1-19(2,3)18-22-13(11-27-18)10-16(24)23-15-9-12(5-6-14(15)20)17(25)21-7-8-26-4/h5-6,9,11H,7-8,10H2,1-4H3,(H,21,25)(H,23,24). The van der Waals surface area contributed by atoms with Gasteiger partial charge in [-0.25, -0.2) is 4.98 Å². The number of carbonyl (C=O) groups excluding carboxylic acids is 2. The van der Waals surface area contributed by atoms with Gasteiger partial charge < -0.3 is 15.4 Å². The Kier molecular flexibility index (Phi) is 7.35. The first-order valence-electron chi connectivity index (χ1n) is 8.52. The molecule has 0 aliphatic rings. The van der Waals surface area contributed by atoms with E-state index >= 15 is 0 Å². The van der Waals surface area contributed by atoms with Gasteiger partial charge in [0.2, 0.25) is 5.91 Å². The van der Waals surface area contributed by atoms with Gasteiger partial charge in [-0.15, -0.1) is 11.3 Å². The number of rotatable bonds is 7. The Labute approximate surface area is 168 Å². The number of nitrogens with zero attached hydrogens (tertiary/aromatic N) is 1. The predicted molar refractivity (Wildman–Crippen MR) is 109 cm³/mol. The van der Waals surface area contributed by atoms with Crippen molar-refractivity contribution in [1.29, 1.82) is 0 Å². The van der Waals surface area contributed by atoms with Crippen molar-refractivity contribution in [2.24, 2.45) is 0 Å². The fourth-order valence-corrected chi connectivity index (χ4v) is 3.29. The lowest BCUT2D eigenvalue weighted by Crippen LogP contribution is -2.27. The van der Waals surface area contributed by atoms with E-state index in [2.05, 4.69) is 36.4 Å². The van der Waals surface area contributed by atoms with E-state index in [1.54, 1.807) is 36.6 Å². The molecule has 0 aliphatic heterocycles. The highest BCUT2D eigenvalue weighted by Crippen LogP contribution is 2.26. The molecule has 2 rings (SSSR count). The van der Waals surface area contributed by atoms with Crippen molar-refractivity contribution in [3.05, 3.63) is 44.9 Å². The van der Waals surface area contributed by atoms with Crippen molar-refractivity contribution in [3.8, 4) is 0 Å². The summed E-state index contributed by atoms with van der Waals surface area (Å²) in [6.07, 6.45) is 0.146. The van der Waals surface area contributed by atoms with Gasteiger partial charge in [0.15, 0.2) is 0 Å². The van der Waals surface area contributed by atoms with Gasteiger partial charge in [0.25, 0.3) is 5.91 Å². The topological polar surface area (TPSA) is 80.3 Å². The molecule has 0 saturated heterocycles. The first-order chi connectivity index (χ1) is 12.7. The van der Waals surface area contributed by atoms with Gasteiger partial charge in [0, 0.05) is 30.0 Å². The van der Waals surface area contributed by atoms with Crippen LogP contribution in [0.4, 0.5) is 5.69 Å². The van der Waals surface area contributed by atoms with E-state index in [9.17, 15) is 9.59 Å². The number of carbonyl (C=O) groups is 2. The molecule has 8 heteroatoms. The second-order valence-electron chi connectivity index (χ2n) is 7.06. The first-order valence-corrected chi connectivity index (χ1v) is 9.78. The van der Waals surface area contributed by atoms with Crippen LogP contribution in [-0.2, 0) is 21.4 Å². The van der Waals surface area contributed by atoms with Crippen molar-refractivity contribution < 1.29 is 14.3 Å². The molecule has 2 aromatic rings. The maximum atomic E-state index is 12.4. The molecule has 0 fully saturated rings. The Bertz CT molecular complexity index is 815. The number of nitrogens with one attached hydrogen (secondary N) is 2. The molecule has 0 atom stereocenters. The van der Waals surface area contributed by atoms with Crippen LogP contribution in [0.5, 0.6) is 0 Å². The van der Waals surface area contributed by atoms with E-state index in [1.165, 1.54) is 0 Å². The van der Waals surface area contributed by atoms with E-state index in [-0.39, 0.29) is 23.7 Å². The van der Waals surface area contributed by atoms with Gasteiger partial charge in [-0.1, -0.05) is 32.4 Å². The fourth-order valence-electron chi connectivity index (χ4n) is 2.22. The third-order valence-electron chi connectivity index (χ3n) is 3.63. The minimum Gasteiger partial charge on any atom is -0.383 e. The van der Waals surface area contributed by atoms with Crippen LogP contribution in [0.25, 0.3) is 0 Å². The third kappa shape index (κ3) is 6.30. The molecule has 0 unspecified atom stereocenters. The van der Waals surface area contributed by atoms with Crippen LogP contribution in [0, 0.1) is 0 Å². The molecule has 1 aromatic carbocycles. The maximum absolute atomic E-state index is 12.4. The van der Waals surface area contributed by atoms with E-state index in [1.807, 2.05) is 5.38 Å². The first kappa shape index (κ1) is 21.3. The number of hydrogen-bond acceptors (Lipinski definition) is 5. The van der Waals surface area contributed by atoms with Crippen LogP contribution in [0.2, 0.25) is 5.02 Å². The lowest BCUT2D eigenvalue weighted by atomic mass is 9.98. The van der Waals surface area contributed by atoms with Crippen LogP contribution in [0.1, 0.15) is 41.8 Å². The zero-order chi connectivity index (χ0) is 20.0. The monoisotopic (exact) mass is 409 g/mol. The van der Waals surface area contributed by atoms with E-state index in [4.69, 9.17) is 16.3 Å². The number of thiazole rings is 1. The Morgan fingerprint density at radius 2 is 2.04 bits per heavy atom. The Balaban J connectivity index is 2.03. The number of methoxy groups -OCH3 is 1. The molecule has 0 radical (unpaired) electrons. The summed E-state index contributed by atoms with van der Waals surface area (Å²) in [6, 6.07) is 4.75. The molecule has 2 N–H and O–H groups in total. The van der Waals surface area contributed by atoms with E-state index in [0.29, 0.717) is 35.1 Å². The molecule has 0 aliphatic carbocycles. The number of anilines is 1. The number of halogens is 1. The van der Waals surface area contributed by atoms with Gasteiger partial charge in [0.1, 0.15) is 0 Å². The average Bonchev–Trinajstić information content (AvgIpc) is 3.05. The van der Waals surface area contributed by atoms with E-state index in [0.717, 1.165) is 5.01 Å². The highest BCUT2D eigenvalue weighted by atomic mass is 35.5. The summed E-state index contributed by atoms with van der Waals surface area (Å²) >= 11 is 7.70. The van der Waals surface area contributed by atoms with Crippen LogP contribution in [0.3, 0.4) is 0 Å². The fraction of sp³-hybridized carbons (Fsp3) is 0.421. The number of ether oxygens (including phenoxy) is 1. The SMILES string of the molecule is COCCNC(=O)c1ccc(Cl)c(NC(=O)Cc2csc(C(C)(C)C)n2)c1. The molecule has 146 valence electrons. The summed E-state index contributed by atoms with van der Waals surface area (Å²) in [5.74, 6) is -0.492. The van der Waals surface area contributed by atoms with Gasteiger partial charge in [-0.05, 0) is 18.2 Å². The largest absolute Gasteiger partial charge is 0.383 e. The van der Waals surface area contributed by atoms with Gasteiger partial charge >= 0.3 is 0 Å². The van der Waals surface area contributed by atoms with Gasteiger partial charge in [0.05, 0.1) is 34.4 Å². The molecular weight excluding hydrogens is 386 g/mol. The Hall–Kier alpha value is -1.96. The van der Waals surface area contributed by atoms with Crippen molar-refractivity contribution in [2.75, 3.05) is 25.6 Å². The van der Waals surface area contributed by atoms with Gasteiger partial charge in [-0.3, -0.25) is 9.59 Å². The second-order valence-corrected chi connectivity index (χ2v) is 8.33. The number of hydrogen-bond donors (Lipinski definition) is 2. The van der Waals surface area contributed by atoms with Gasteiger partial charge in [-0.2, -0.15) is 0 Å². The average molecular weight is 410 g/mol. The summed E-state index contributed by atoms with van der Waals surface area (Å²) < 4.78 is 4.90. The molecule has 0 spiro atoms. The lowest BCUT2D eigenvalue weighted by Gasteiger charge is -2.13. The highest BCUT2D eigenvalue weighted by Gasteiger charge is 2.19. The van der Waals surface area contributed by atoms with Crippen LogP contribution >= 0.6 is 22.9 Å². The molecule has 1 aromatic heterocycles. The quantitative estimate of drug-likeness (QED) is 0.684. The zero-order valence-corrected chi connectivity index (χ0v) is 17.5. The summed E-state index contributed by atoms with van der Waals surface area (Å²) in [5.41, 5.74) is 1.47. The minimum atomic E-state index is -0.256. The van der Waals surface area contributed by atoms with Crippen molar-refractivity contribution in [2.45, 2.75) is 32.6 Å². The zero-order valence-electron chi connectivity index (χ0n) is 15.9. The number of amides is 2. The maximum Gasteiger partial charge on any atom is 0.251 e. The summed E-state index contributed by atoms with van der Waals surface area (Å²) in [5, 5.41) is 8.73. The summed E-state index contributed by atoms with van der Waals surface area (Å²) in [6.45, 7) is 7.07. The minimum absolute atomic E-state index is 0.0484. The van der Waals surface area contributed by atoms with E-state index < -0.39 is 0 Å². The third-order valence-corrected chi connectivity index (χ3v) is 5.28. The lowest BCUT2D eigenvalue weighted by molar-refractivity contribution is -0.115. The smallest absolute Gasteiger partial charge is 0.251 e. The molecule has 2 amide bonds. The Morgan fingerprint density at radius 1 is 1.30 bits per heavy atom. The molecular formula is C19H24ClN3O3S. The Morgan fingerprint density at radius 3 is 2.67 bits per heavy atom. The van der Waals surface area contributed by atoms with Crippen LogP contribution in [-0.4, -0.2) is 37.1 Å². The molecule has 27 heavy (non-hydrogen) atoms. The van der Waals surface area contributed by atoms with Crippen LogP contribution in [0.15, 0.2) is 23.6 Å². The summed E-state index contributed by atoms with van der Waals surface area (Å²) in [7, 11) is 1.56. The summed E-state index contributed by atoms with van der Waals surface area (Å²) in [4.78, 5) is 29.0. The molecule has 1 heterocycles. The second kappa shape index (κ2) is 9.30. The highest BCUT2D eigenvalue weighted by molar-refractivity contribution is 7.09. The predicted octanol–water partition coefficient (Wildman–Crippen LogP) is 3.65. The molecule has 6 nitrogen and oxygen atoms in total. The normalized spacial score (nSPS) is 11.3. The van der Waals surface area contributed by atoms with Crippen molar-refractivity contribution in [1.82, 2.24) is 10.3 Å². The molecule has 0 saturated carbocycles. The number of aromatic nitrogens is 1. The molecule has 0 bridgehead atoms. The van der Waals surface area contributed by atoms with Crippen LogP contribution < -0.4 is 10.6 Å². The van der Waals surface area contributed by atoms with Crippen molar-refractivity contribution >= 4 is 40.4 Å².